The molecule has 2 aliphatic heterocycles. The Labute approximate surface area is 150 Å². The number of hydrogen-bond acceptors (Lipinski definition) is 5. The van der Waals surface area contributed by atoms with Gasteiger partial charge >= 0.3 is 0 Å². The smallest absolute Gasteiger partial charge is 0.231 e. The van der Waals surface area contributed by atoms with Gasteiger partial charge in [0.15, 0.2) is 17.8 Å². The number of aromatic nitrogens is 1. The number of para-hydroxylation sites is 1. The van der Waals surface area contributed by atoms with Crippen molar-refractivity contribution in [3.8, 4) is 11.5 Å². The molecule has 1 aromatic heterocycles. The summed E-state index contributed by atoms with van der Waals surface area (Å²) in [6.07, 6.45) is -0.191. The lowest BCUT2D eigenvalue weighted by atomic mass is 9.90. The van der Waals surface area contributed by atoms with Crippen LogP contribution in [0.15, 0.2) is 42.5 Å². The summed E-state index contributed by atoms with van der Waals surface area (Å²) in [6.45, 7) is 0.250. The Hall–Kier alpha value is -2.54. The van der Waals surface area contributed by atoms with Crippen LogP contribution in [-0.2, 0) is 11.2 Å². The fourth-order valence-electron chi connectivity index (χ4n) is 3.97. The lowest BCUT2D eigenvalue weighted by Crippen LogP contribution is -2.47. The van der Waals surface area contributed by atoms with Crippen LogP contribution in [0.2, 0.25) is 0 Å². The lowest BCUT2D eigenvalue weighted by Gasteiger charge is -2.33. The van der Waals surface area contributed by atoms with Gasteiger partial charge < -0.3 is 24.3 Å². The molecule has 0 fully saturated rings. The highest BCUT2D eigenvalue weighted by Crippen LogP contribution is 2.39. The highest BCUT2D eigenvalue weighted by Gasteiger charge is 2.34. The number of aliphatic hydroxyl groups excluding tert-OH is 1. The van der Waals surface area contributed by atoms with E-state index in [1.54, 1.807) is 0 Å². The van der Waals surface area contributed by atoms with Crippen LogP contribution in [0.5, 0.6) is 11.5 Å². The van der Waals surface area contributed by atoms with Crippen molar-refractivity contribution in [2.75, 3.05) is 13.9 Å². The van der Waals surface area contributed by atoms with Crippen molar-refractivity contribution >= 4 is 10.9 Å². The zero-order chi connectivity index (χ0) is 17.7. The van der Waals surface area contributed by atoms with Gasteiger partial charge in [0.25, 0.3) is 0 Å². The van der Waals surface area contributed by atoms with Crippen molar-refractivity contribution < 1.29 is 19.3 Å². The van der Waals surface area contributed by atoms with E-state index in [0.29, 0.717) is 6.42 Å². The van der Waals surface area contributed by atoms with Gasteiger partial charge in [0, 0.05) is 23.7 Å². The molecular weight excluding hydrogens is 332 g/mol. The number of ether oxygens (including phenoxy) is 3. The minimum absolute atomic E-state index is 0.101. The minimum atomic E-state index is -0.881. The first-order valence-electron chi connectivity index (χ1n) is 8.70. The van der Waals surface area contributed by atoms with Gasteiger partial charge in [-0.05, 0) is 35.7 Å². The fourth-order valence-corrected chi connectivity index (χ4v) is 3.97. The quantitative estimate of drug-likeness (QED) is 0.632. The summed E-state index contributed by atoms with van der Waals surface area (Å²) in [5, 5.41) is 15.0. The molecule has 0 bridgehead atoms. The molecule has 0 amide bonds. The molecule has 0 saturated carbocycles. The van der Waals surface area contributed by atoms with Crippen molar-refractivity contribution in [3.63, 3.8) is 0 Å². The van der Waals surface area contributed by atoms with Crippen LogP contribution in [0, 0.1) is 0 Å². The van der Waals surface area contributed by atoms with E-state index in [2.05, 4.69) is 22.4 Å². The summed E-state index contributed by atoms with van der Waals surface area (Å²) in [5.74, 6) is 1.51. The van der Waals surface area contributed by atoms with Gasteiger partial charge in [-0.25, -0.2) is 0 Å². The van der Waals surface area contributed by atoms with E-state index in [-0.39, 0.29) is 18.9 Å². The number of methoxy groups -OCH3 is 1. The van der Waals surface area contributed by atoms with E-state index in [1.165, 1.54) is 18.1 Å². The molecule has 3 aromatic rings. The van der Waals surface area contributed by atoms with Crippen LogP contribution in [-0.4, -0.2) is 36.3 Å². The molecule has 0 radical (unpaired) electrons. The first kappa shape index (κ1) is 15.7. The van der Waals surface area contributed by atoms with E-state index < -0.39 is 6.29 Å². The maximum absolute atomic E-state index is 10.3. The molecule has 6 nitrogen and oxygen atoms in total. The molecule has 2 aliphatic rings. The molecule has 0 spiro atoms. The van der Waals surface area contributed by atoms with Gasteiger partial charge in [0.05, 0.1) is 12.1 Å². The molecule has 3 N–H and O–H groups in total. The number of nitrogens with one attached hydrogen (secondary N) is 2. The number of H-pyrrole nitrogens is 1. The monoisotopic (exact) mass is 352 g/mol. The van der Waals surface area contributed by atoms with E-state index in [1.807, 2.05) is 30.3 Å². The molecular formula is C20H20N2O4. The van der Waals surface area contributed by atoms with Gasteiger partial charge in [-0.1, -0.05) is 24.3 Å². The topological polar surface area (TPSA) is 75.7 Å². The molecule has 6 heteroatoms. The van der Waals surface area contributed by atoms with E-state index in [9.17, 15) is 5.11 Å². The van der Waals surface area contributed by atoms with Crippen LogP contribution in [0.4, 0.5) is 0 Å². The standard InChI is InChI=1S/C20H20N2O4/c1-24-20(23)15-9-13-12-4-2-3-5-14(12)21-19(13)18(22-15)11-6-7-16-17(8-11)26-10-25-16/h2-8,15,18,20-23H,9-10H2,1H3/t15-,18-,20?/m1/s1. The van der Waals surface area contributed by atoms with Gasteiger partial charge in [0.2, 0.25) is 6.79 Å². The Morgan fingerprint density at radius 1 is 1.15 bits per heavy atom. The van der Waals surface area contributed by atoms with E-state index in [0.717, 1.165) is 28.3 Å². The summed E-state index contributed by atoms with van der Waals surface area (Å²) in [4.78, 5) is 3.55. The van der Waals surface area contributed by atoms with Gasteiger partial charge in [0.1, 0.15) is 0 Å². The van der Waals surface area contributed by atoms with Crippen molar-refractivity contribution in [2.45, 2.75) is 24.8 Å². The third-order valence-electron chi connectivity index (χ3n) is 5.26. The maximum atomic E-state index is 10.3. The Kier molecular flexibility index (Phi) is 3.63. The van der Waals surface area contributed by atoms with Crippen LogP contribution in [0.1, 0.15) is 22.9 Å². The van der Waals surface area contributed by atoms with Crippen LogP contribution in [0.3, 0.4) is 0 Å². The van der Waals surface area contributed by atoms with E-state index in [4.69, 9.17) is 14.2 Å². The number of aliphatic hydroxyl groups is 1. The lowest BCUT2D eigenvalue weighted by molar-refractivity contribution is -0.0993. The molecule has 0 aliphatic carbocycles. The predicted octanol–water partition coefficient (Wildman–Crippen LogP) is 2.47. The molecule has 2 aromatic carbocycles. The second-order valence-corrected chi connectivity index (χ2v) is 6.71. The van der Waals surface area contributed by atoms with Gasteiger partial charge in [-0.15, -0.1) is 0 Å². The minimum Gasteiger partial charge on any atom is -0.454 e. The van der Waals surface area contributed by atoms with Crippen LogP contribution < -0.4 is 14.8 Å². The third-order valence-corrected chi connectivity index (χ3v) is 5.26. The first-order chi connectivity index (χ1) is 12.7. The number of fused-ring (bicyclic) bond motifs is 4. The predicted molar refractivity (Wildman–Crippen MR) is 96.4 cm³/mol. The Balaban J connectivity index is 1.64. The average Bonchev–Trinajstić information content (AvgIpc) is 3.30. The highest BCUT2D eigenvalue weighted by atomic mass is 16.7. The summed E-state index contributed by atoms with van der Waals surface area (Å²) >= 11 is 0. The molecule has 3 atom stereocenters. The van der Waals surface area contributed by atoms with Crippen molar-refractivity contribution in [1.82, 2.24) is 10.3 Å². The Morgan fingerprint density at radius 3 is 2.88 bits per heavy atom. The molecule has 134 valence electrons. The van der Waals surface area contributed by atoms with Gasteiger partial charge in [-0.3, -0.25) is 5.32 Å². The molecule has 5 rings (SSSR count). The zero-order valence-corrected chi connectivity index (χ0v) is 14.4. The SMILES string of the molecule is COC(O)[C@H]1Cc2c([nH]c3ccccc23)[C@@H](c2ccc3c(c2)OCO3)N1. The molecule has 26 heavy (non-hydrogen) atoms. The fraction of sp³-hybridized carbons (Fsp3) is 0.300. The molecule has 3 heterocycles. The van der Waals surface area contributed by atoms with Crippen molar-refractivity contribution in [2.24, 2.45) is 0 Å². The van der Waals surface area contributed by atoms with Crippen molar-refractivity contribution in [3.05, 3.63) is 59.3 Å². The normalized spacial score (nSPS) is 22.4. The number of benzene rings is 2. The largest absolute Gasteiger partial charge is 0.454 e. The number of aromatic amines is 1. The van der Waals surface area contributed by atoms with Gasteiger partial charge in [-0.2, -0.15) is 0 Å². The molecule has 0 saturated heterocycles. The highest BCUT2D eigenvalue weighted by molar-refractivity contribution is 5.85. The Bertz CT molecular complexity index is 968. The van der Waals surface area contributed by atoms with E-state index >= 15 is 0 Å². The zero-order valence-electron chi connectivity index (χ0n) is 14.4. The Morgan fingerprint density at radius 2 is 2.00 bits per heavy atom. The van der Waals surface area contributed by atoms with Crippen LogP contribution >= 0.6 is 0 Å². The van der Waals surface area contributed by atoms with Crippen LogP contribution in [0.25, 0.3) is 10.9 Å². The average molecular weight is 352 g/mol. The second-order valence-electron chi connectivity index (χ2n) is 6.71. The first-order valence-corrected chi connectivity index (χ1v) is 8.70. The van der Waals surface area contributed by atoms with Crippen molar-refractivity contribution in [1.29, 1.82) is 0 Å². The summed E-state index contributed by atoms with van der Waals surface area (Å²) in [5.41, 5.74) is 4.47. The maximum Gasteiger partial charge on any atom is 0.231 e. The number of rotatable bonds is 3. The molecule has 1 unspecified atom stereocenters. The summed E-state index contributed by atoms with van der Waals surface area (Å²) in [6, 6.07) is 13.9. The summed E-state index contributed by atoms with van der Waals surface area (Å²) < 4.78 is 16.2. The summed E-state index contributed by atoms with van der Waals surface area (Å²) in [7, 11) is 1.52. The second kappa shape index (κ2) is 6.02. The number of hydrogen-bond donors (Lipinski definition) is 3. The third kappa shape index (κ3) is 2.38.